The normalized spacial score (nSPS) is 23.8. The van der Waals surface area contributed by atoms with Gasteiger partial charge in [0, 0.05) is 32.0 Å². The zero-order valence-electron chi connectivity index (χ0n) is 16.7. The van der Waals surface area contributed by atoms with E-state index in [9.17, 15) is 14.4 Å². The second-order valence-corrected chi connectivity index (χ2v) is 9.19. The molecule has 0 bridgehead atoms. The van der Waals surface area contributed by atoms with Gasteiger partial charge in [-0.15, -0.1) is 0 Å². The predicted molar refractivity (Wildman–Crippen MR) is 111 cm³/mol. The molecule has 3 fully saturated rings. The van der Waals surface area contributed by atoms with Crippen molar-refractivity contribution in [2.75, 3.05) is 31.2 Å². The first kappa shape index (κ1) is 20.1. The summed E-state index contributed by atoms with van der Waals surface area (Å²) in [6, 6.07) is 7.45. The van der Waals surface area contributed by atoms with Gasteiger partial charge < -0.3 is 15.0 Å². The maximum atomic E-state index is 13.0. The number of hydrogen-bond donors (Lipinski definition) is 1. The lowest BCUT2D eigenvalue weighted by Gasteiger charge is -2.30. The van der Waals surface area contributed by atoms with Crippen LogP contribution in [0.1, 0.15) is 31.7 Å². The molecule has 1 aromatic carbocycles. The summed E-state index contributed by atoms with van der Waals surface area (Å²) < 4.78 is 5.53. The molecule has 1 unspecified atom stereocenters. The van der Waals surface area contributed by atoms with Gasteiger partial charge in [-0.1, -0.05) is 12.1 Å². The second-order valence-electron chi connectivity index (χ2n) is 7.97. The number of amides is 4. The average Bonchev–Trinajstić information content (AvgIpc) is 3.15. The number of rotatable bonds is 6. The van der Waals surface area contributed by atoms with Crippen LogP contribution in [0.3, 0.4) is 0 Å². The van der Waals surface area contributed by atoms with Crippen molar-refractivity contribution < 1.29 is 19.1 Å². The van der Waals surface area contributed by atoms with E-state index in [4.69, 9.17) is 4.74 Å². The van der Waals surface area contributed by atoms with Crippen LogP contribution in [-0.2, 0) is 16.1 Å². The fourth-order valence-electron chi connectivity index (χ4n) is 4.41. The highest BCUT2D eigenvalue weighted by atomic mass is 32.2. The largest absolute Gasteiger partial charge is 0.494 e. The van der Waals surface area contributed by atoms with Crippen molar-refractivity contribution in [3.8, 4) is 5.75 Å². The fourth-order valence-corrected chi connectivity index (χ4v) is 5.60. The molecule has 4 amide bonds. The maximum absolute atomic E-state index is 13.0. The summed E-state index contributed by atoms with van der Waals surface area (Å²) in [7, 11) is 0. The van der Waals surface area contributed by atoms with Gasteiger partial charge in [0.25, 0.3) is 5.91 Å². The minimum Gasteiger partial charge on any atom is -0.494 e. The minimum absolute atomic E-state index is 0.0274. The second kappa shape index (κ2) is 8.26. The molecule has 0 aromatic heterocycles. The topological polar surface area (TPSA) is 79.0 Å². The van der Waals surface area contributed by atoms with Crippen molar-refractivity contribution >= 4 is 29.6 Å². The van der Waals surface area contributed by atoms with E-state index in [1.807, 2.05) is 43.0 Å². The highest BCUT2D eigenvalue weighted by molar-refractivity contribution is 7.99. The zero-order valence-corrected chi connectivity index (χ0v) is 17.5. The van der Waals surface area contributed by atoms with Gasteiger partial charge in [0.2, 0.25) is 5.91 Å². The number of carbonyl (C=O) groups is 3. The minimum atomic E-state index is -0.718. The zero-order chi connectivity index (χ0) is 20.4. The monoisotopic (exact) mass is 417 g/mol. The summed E-state index contributed by atoms with van der Waals surface area (Å²) in [5.74, 6) is 2.49. The van der Waals surface area contributed by atoms with Crippen LogP contribution in [0.4, 0.5) is 4.79 Å². The van der Waals surface area contributed by atoms with Gasteiger partial charge >= 0.3 is 6.03 Å². The number of carbonyl (C=O) groups excluding carboxylic acids is 3. The molecular weight excluding hydrogens is 390 g/mol. The Kier molecular flexibility index (Phi) is 5.72. The molecule has 0 radical (unpaired) electrons. The molecule has 0 aliphatic carbocycles. The van der Waals surface area contributed by atoms with Gasteiger partial charge in [-0.25, -0.2) is 4.79 Å². The van der Waals surface area contributed by atoms with E-state index in [0.29, 0.717) is 45.5 Å². The third-order valence-corrected chi connectivity index (χ3v) is 6.90. The molecule has 1 aromatic rings. The Bertz CT molecular complexity index is 809. The first-order valence-electron chi connectivity index (χ1n) is 10.2. The molecule has 156 valence electrons. The Labute approximate surface area is 175 Å². The van der Waals surface area contributed by atoms with E-state index in [1.165, 1.54) is 4.90 Å². The first-order valence-corrected chi connectivity index (χ1v) is 11.4. The van der Waals surface area contributed by atoms with E-state index < -0.39 is 5.54 Å². The highest BCUT2D eigenvalue weighted by Gasteiger charge is 2.52. The lowest BCUT2D eigenvalue weighted by atomic mass is 9.92. The van der Waals surface area contributed by atoms with E-state index in [0.717, 1.165) is 22.8 Å². The Balaban J connectivity index is 1.38. The SMILES string of the molecule is CCOc1cccc(CN2CC(CN3C(=O)NC4(CCSCC4)C3=O)CC2=O)c1. The predicted octanol–water partition coefficient (Wildman–Crippen LogP) is 2.25. The van der Waals surface area contributed by atoms with Crippen LogP contribution in [0, 0.1) is 5.92 Å². The summed E-state index contributed by atoms with van der Waals surface area (Å²) >= 11 is 1.82. The fraction of sp³-hybridized carbons (Fsp3) is 0.571. The molecule has 1 N–H and O–H groups in total. The van der Waals surface area contributed by atoms with Crippen molar-refractivity contribution in [1.29, 1.82) is 0 Å². The van der Waals surface area contributed by atoms with E-state index in [-0.39, 0.29) is 23.8 Å². The van der Waals surface area contributed by atoms with Crippen LogP contribution in [0.2, 0.25) is 0 Å². The van der Waals surface area contributed by atoms with Crippen molar-refractivity contribution in [2.24, 2.45) is 5.92 Å². The lowest BCUT2D eigenvalue weighted by Crippen LogP contribution is -2.49. The summed E-state index contributed by atoms with van der Waals surface area (Å²) in [6.45, 7) is 3.91. The van der Waals surface area contributed by atoms with Crippen LogP contribution in [0.25, 0.3) is 0 Å². The Morgan fingerprint density at radius 1 is 1.24 bits per heavy atom. The van der Waals surface area contributed by atoms with Gasteiger partial charge in [-0.3, -0.25) is 14.5 Å². The Morgan fingerprint density at radius 2 is 2.03 bits per heavy atom. The molecular formula is C21H27N3O4S. The molecule has 1 spiro atoms. The van der Waals surface area contributed by atoms with E-state index >= 15 is 0 Å². The number of thioether (sulfide) groups is 1. The molecule has 0 saturated carbocycles. The average molecular weight is 418 g/mol. The number of imide groups is 1. The highest BCUT2D eigenvalue weighted by Crippen LogP contribution is 2.33. The maximum Gasteiger partial charge on any atom is 0.325 e. The molecule has 3 aliphatic heterocycles. The molecule has 4 rings (SSSR count). The van der Waals surface area contributed by atoms with Gasteiger partial charge in [0.15, 0.2) is 0 Å². The third-order valence-electron chi connectivity index (χ3n) is 5.91. The number of urea groups is 1. The summed E-state index contributed by atoms with van der Waals surface area (Å²) in [6.07, 6.45) is 1.74. The standard InChI is InChI=1S/C21H27N3O4S/c1-2-28-17-5-3-4-15(10-17)12-23-13-16(11-18(23)25)14-24-19(26)21(22-20(24)27)6-8-29-9-7-21/h3-5,10,16H,2,6-9,11-14H2,1H3,(H,22,27). The van der Waals surface area contributed by atoms with Gasteiger partial charge in [0.1, 0.15) is 11.3 Å². The molecule has 29 heavy (non-hydrogen) atoms. The molecule has 3 aliphatic rings. The molecule has 1 atom stereocenters. The quantitative estimate of drug-likeness (QED) is 0.719. The van der Waals surface area contributed by atoms with Crippen molar-refractivity contribution in [3.63, 3.8) is 0 Å². The number of hydrogen-bond acceptors (Lipinski definition) is 5. The summed E-state index contributed by atoms with van der Waals surface area (Å²) in [4.78, 5) is 41.1. The van der Waals surface area contributed by atoms with Gasteiger partial charge in [0.05, 0.1) is 6.61 Å². The van der Waals surface area contributed by atoms with E-state index in [2.05, 4.69) is 5.32 Å². The van der Waals surface area contributed by atoms with Crippen molar-refractivity contribution in [1.82, 2.24) is 15.1 Å². The van der Waals surface area contributed by atoms with Gasteiger partial charge in [-0.05, 0) is 49.0 Å². The molecule has 3 heterocycles. The first-order chi connectivity index (χ1) is 14.0. The number of likely N-dealkylation sites (tertiary alicyclic amines) is 1. The smallest absolute Gasteiger partial charge is 0.325 e. The number of benzene rings is 1. The van der Waals surface area contributed by atoms with Crippen LogP contribution in [0.15, 0.2) is 24.3 Å². The van der Waals surface area contributed by atoms with Gasteiger partial charge in [-0.2, -0.15) is 11.8 Å². The van der Waals surface area contributed by atoms with Crippen LogP contribution in [0.5, 0.6) is 5.75 Å². The van der Waals surface area contributed by atoms with Crippen molar-refractivity contribution in [2.45, 2.75) is 38.3 Å². The molecule has 3 saturated heterocycles. The summed E-state index contributed by atoms with van der Waals surface area (Å²) in [5, 5.41) is 2.94. The Hall–Kier alpha value is -2.22. The Morgan fingerprint density at radius 3 is 2.79 bits per heavy atom. The van der Waals surface area contributed by atoms with Crippen LogP contribution in [-0.4, -0.2) is 64.4 Å². The van der Waals surface area contributed by atoms with E-state index in [1.54, 1.807) is 4.90 Å². The molecule has 8 heteroatoms. The number of ether oxygens (including phenoxy) is 1. The third kappa shape index (κ3) is 4.08. The number of nitrogens with zero attached hydrogens (tertiary/aromatic N) is 2. The van der Waals surface area contributed by atoms with Crippen LogP contribution >= 0.6 is 11.8 Å². The lowest BCUT2D eigenvalue weighted by molar-refractivity contribution is -0.132. The molecule has 7 nitrogen and oxygen atoms in total. The van der Waals surface area contributed by atoms with Crippen LogP contribution < -0.4 is 10.1 Å². The van der Waals surface area contributed by atoms with Crippen molar-refractivity contribution in [3.05, 3.63) is 29.8 Å². The summed E-state index contributed by atoms with van der Waals surface area (Å²) in [5.41, 5.74) is 0.295. The number of nitrogens with one attached hydrogen (secondary N) is 1.